The van der Waals surface area contributed by atoms with Gasteiger partial charge in [-0.2, -0.15) is 0 Å². The molecule has 0 bridgehead atoms. The molecule has 0 radical (unpaired) electrons. The summed E-state index contributed by atoms with van der Waals surface area (Å²) in [6, 6.07) is 11.6. The van der Waals surface area contributed by atoms with E-state index in [1.807, 2.05) is 18.2 Å². The molecule has 0 atom stereocenters. The van der Waals surface area contributed by atoms with E-state index in [4.69, 9.17) is 27.9 Å². The second kappa shape index (κ2) is 7.64. The third-order valence-corrected chi connectivity index (χ3v) is 3.65. The molecule has 0 unspecified atom stereocenters. The molecular formula is C16H18Cl2N2O. The van der Waals surface area contributed by atoms with Gasteiger partial charge in [0.1, 0.15) is 17.4 Å². The number of ether oxygens (including phenoxy) is 1. The summed E-state index contributed by atoms with van der Waals surface area (Å²) in [6.07, 6.45) is 0. The molecule has 0 aliphatic rings. The van der Waals surface area contributed by atoms with Crippen LogP contribution in [0.2, 0.25) is 10.0 Å². The van der Waals surface area contributed by atoms with Gasteiger partial charge < -0.3 is 10.1 Å². The smallest absolute Gasteiger partial charge is 0.140 e. The average Bonchev–Trinajstić information content (AvgIpc) is 2.47. The summed E-state index contributed by atoms with van der Waals surface area (Å²) in [7, 11) is 0. The van der Waals surface area contributed by atoms with Gasteiger partial charge in [0.25, 0.3) is 0 Å². The molecule has 0 fully saturated rings. The molecule has 1 aromatic heterocycles. The van der Waals surface area contributed by atoms with E-state index in [9.17, 15) is 0 Å². The number of aromatic nitrogens is 1. The van der Waals surface area contributed by atoms with Crippen molar-refractivity contribution in [3.8, 4) is 5.75 Å². The van der Waals surface area contributed by atoms with E-state index in [2.05, 4.69) is 24.1 Å². The van der Waals surface area contributed by atoms with Crippen molar-refractivity contribution in [3.63, 3.8) is 0 Å². The first kappa shape index (κ1) is 16.1. The third-order valence-electron chi connectivity index (χ3n) is 2.85. The van der Waals surface area contributed by atoms with Gasteiger partial charge in [-0.15, -0.1) is 0 Å². The van der Waals surface area contributed by atoms with Gasteiger partial charge in [-0.3, -0.25) is 4.98 Å². The number of pyridine rings is 1. The van der Waals surface area contributed by atoms with Gasteiger partial charge in [0.15, 0.2) is 0 Å². The molecule has 0 saturated carbocycles. The Bertz CT molecular complexity index is 603. The van der Waals surface area contributed by atoms with Crippen molar-refractivity contribution in [3.05, 3.63) is 57.8 Å². The first-order valence-corrected chi connectivity index (χ1v) is 7.57. The second-order valence-electron chi connectivity index (χ2n) is 5.00. The maximum atomic E-state index is 6.09. The SMILES string of the molecule is CC(C)NCc1cccc(COc2cccc(Cl)c2Cl)n1. The van der Waals surface area contributed by atoms with Gasteiger partial charge >= 0.3 is 0 Å². The van der Waals surface area contributed by atoms with Crippen LogP contribution in [-0.4, -0.2) is 11.0 Å². The lowest BCUT2D eigenvalue weighted by Gasteiger charge is -2.10. The van der Waals surface area contributed by atoms with Crippen molar-refractivity contribution in [2.75, 3.05) is 0 Å². The van der Waals surface area contributed by atoms with Crippen LogP contribution in [0, 0.1) is 0 Å². The number of hydrogen-bond acceptors (Lipinski definition) is 3. The lowest BCUT2D eigenvalue weighted by Crippen LogP contribution is -2.22. The highest BCUT2D eigenvalue weighted by molar-refractivity contribution is 6.42. The zero-order valence-electron chi connectivity index (χ0n) is 12.1. The van der Waals surface area contributed by atoms with Crippen LogP contribution < -0.4 is 10.1 Å². The highest BCUT2D eigenvalue weighted by atomic mass is 35.5. The number of halogens is 2. The number of rotatable bonds is 6. The fraction of sp³-hybridized carbons (Fsp3) is 0.312. The highest BCUT2D eigenvalue weighted by Crippen LogP contribution is 2.31. The monoisotopic (exact) mass is 324 g/mol. The summed E-state index contributed by atoms with van der Waals surface area (Å²) in [5.74, 6) is 0.566. The van der Waals surface area contributed by atoms with Crippen LogP contribution >= 0.6 is 23.2 Å². The van der Waals surface area contributed by atoms with Crippen molar-refractivity contribution >= 4 is 23.2 Å². The second-order valence-corrected chi connectivity index (χ2v) is 5.78. The quantitative estimate of drug-likeness (QED) is 0.851. The van der Waals surface area contributed by atoms with Crippen molar-refractivity contribution in [2.24, 2.45) is 0 Å². The molecule has 21 heavy (non-hydrogen) atoms. The van der Waals surface area contributed by atoms with Crippen molar-refractivity contribution < 1.29 is 4.74 Å². The zero-order chi connectivity index (χ0) is 15.2. The fourth-order valence-electron chi connectivity index (χ4n) is 1.76. The Balaban J connectivity index is 2.00. The first-order valence-electron chi connectivity index (χ1n) is 6.81. The minimum atomic E-state index is 0.357. The predicted molar refractivity (Wildman–Crippen MR) is 87.0 cm³/mol. The standard InChI is InChI=1S/C16H18Cl2N2O/c1-11(2)19-9-12-5-3-6-13(20-12)10-21-15-8-4-7-14(17)16(15)18/h3-8,11,19H,9-10H2,1-2H3. The zero-order valence-corrected chi connectivity index (χ0v) is 13.6. The Hall–Kier alpha value is -1.29. The first-order chi connectivity index (χ1) is 10.1. The van der Waals surface area contributed by atoms with Crippen molar-refractivity contribution in [2.45, 2.75) is 33.0 Å². The van der Waals surface area contributed by atoms with Crippen LogP contribution in [0.25, 0.3) is 0 Å². The molecule has 1 aromatic carbocycles. The number of nitrogens with zero attached hydrogens (tertiary/aromatic N) is 1. The lowest BCUT2D eigenvalue weighted by molar-refractivity contribution is 0.301. The van der Waals surface area contributed by atoms with Gasteiger partial charge in [-0.05, 0) is 24.3 Å². The predicted octanol–water partition coefficient (Wildman–Crippen LogP) is 4.47. The molecule has 0 aliphatic carbocycles. The average molecular weight is 325 g/mol. The topological polar surface area (TPSA) is 34.1 Å². The van der Waals surface area contributed by atoms with Crippen LogP contribution in [0.4, 0.5) is 0 Å². The van der Waals surface area contributed by atoms with Crippen LogP contribution in [0.15, 0.2) is 36.4 Å². The molecule has 0 aliphatic heterocycles. The third kappa shape index (κ3) is 4.88. The molecule has 0 amide bonds. The van der Waals surface area contributed by atoms with Gasteiger partial charge in [-0.25, -0.2) is 0 Å². The van der Waals surface area contributed by atoms with E-state index < -0.39 is 0 Å². The Kier molecular flexibility index (Phi) is 5.85. The summed E-state index contributed by atoms with van der Waals surface area (Å²) in [6.45, 7) is 5.31. The van der Waals surface area contributed by atoms with Crippen LogP contribution in [0.5, 0.6) is 5.75 Å². The Labute approximate surface area is 135 Å². The van der Waals surface area contributed by atoms with E-state index in [1.54, 1.807) is 18.2 Å². The summed E-state index contributed by atoms with van der Waals surface area (Å²) in [5, 5.41) is 4.25. The Morgan fingerprint density at radius 2 is 1.81 bits per heavy atom. The molecular weight excluding hydrogens is 307 g/mol. The maximum Gasteiger partial charge on any atom is 0.140 e. The molecule has 1 heterocycles. The van der Waals surface area contributed by atoms with E-state index >= 15 is 0 Å². The lowest BCUT2D eigenvalue weighted by atomic mass is 10.3. The summed E-state index contributed by atoms with van der Waals surface area (Å²) in [5.41, 5.74) is 1.84. The molecule has 1 N–H and O–H groups in total. The Morgan fingerprint density at radius 1 is 1.10 bits per heavy atom. The van der Waals surface area contributed by atoms with Gasteiger partial charge in [0, 0.05) is 12.6 Å². The minimum Gasteiger partial charge on any atom is -0.486 e. The van der Waals surface area contributed by atoms with E-state index in [0.29, 0.717) is 28.4 Å². The minimum absolute atomic E-state index is 0.357. The van der Waals surface area contributed by atoms with Gasteiger partial charge in [0.2, 0.25) is 0 Å². The molecule has 3 nitrogen and oxygen atoms in total. The normalized spacial score (nSPS) is 10.9. The summed E-state index contributed by atoms with van der Waals surface area (Å²) < 4.78 is 5.68. The molecule has 0 spiro atoms. The van der Waals surface area contributed by atoms with E-state index in [-0.39, 0.29) is 0 Å². The fourth-order valence-corrected chi connectivity index (χ4v) is 2.11. The van der Waals surface area contributed by atoms with Gasteiger partial charge in [-0.1, -0.05) is 49.2 Å². The van der Waals surface area contributed by atoms with Crippen molar-refractivity contribution in [1.29, 1.82) is 0 Å². The molecule has 2 rings (SSSR count). The van der Waals surface area contributed by atoms with Crippen molar-refractivity contribution in [1.82, 2.24) is 10.3 Å². The summed E-state index contributed by atoms with van der Waals surface area (Å²) >= 11 is 12.0. The maximum absolute atomic E-state index is 6.09. The summed E-state index contributed by atoms with van der Waals surface area (Å²) in [4.78, 5) is 4.55. The van der Waals surface area contributed by atoms with Crippen LogP contribution in [-0.2, 0) is 13.2 Å². The molecule has 2 aromatic rings. The van der Waals surface area contributed by atoms with Gasteiger partial charge in [0.05, 0.1) is 16.4 Å². The van der Waals surface area contributed by atoms with E-state index in [1.165, 1.54) is 0 Å². The van der Waals surface area contributed by atoms with Crippen LogP contribution in [0.3, 0.4) is 0 Å². The molecule has 0 saturated heterocycles. The molecule has 5 heteroatoms. The molecule has 112 valence electrons. The number of hydrogen-bond donors (Lipinski definition) is 1. The number of benzene rings is 1. The Morgan fingerprint density at radius 3 is 2.57 bits per heavy atom. The van der Waals surface area contributed by atoms with E-state index in [0.717, 1.165) is 17.9 Å². The largest absolute Gasteiger partial charge is 0.486 e. The highest BCUT2D eigenvalue weighted by Gasteiger charge is 2.06. The number of nitrogens with one attached hydrogen (secondary N) is 1. The van der Waals surface area contributed by atoms with Crippen LogP contribution in [0.1, 0.15) is 25.2 Å².